The maximum Gasteiger partial charge on any atom is 0.0793 e. The minimum absolute atomic E-state index is 0.276. The van der Waals surface area contributed by atoms with Crippen LogP contribution in [0.1, 0.15) is 0 Å². The molecule has 0 aromatic carbocycles. The van der Waals surface area contributed by atoms with Crippen LogP contribution in [0.3, 0.4) is 0 Å². The van der Waals surface area contributed by atoms with Crippen molar-refractivity contribution in [1.82, 2.24) is 31.1 Å². The number of hydrogen-bond acceptors (Lipinski definition) is 7. The SMILES string of the molecule is OC(CN1CCNCCNCC1)CN1CCNCCNCC1. The molecule has 22 heavy (non-hydrogen) atoms. The van der Waals surface area contributed by atoms with Crippen molar-refractivity contribution in [3.8, 4) is 0 Å². The van der Waals surface area contributed by atoms with Gasteiger partial charge >= 0.3 is 0 Å². The van der Waals surface area contributed by atoms with Gasteiger partial charge in [0, 0.05) is 91.6 Å². The van der Waals surface area contributed by atoms with Crippen molar-refractivity contribution in [3.63, 3.8) is 0 Å². The van der Waals surface area contributed by atoms with Gasteiger partial charge in [-0.15, -0.1) is 0 Å². The number of aliphatic hydroxyl groups is 1. The summed E-state index contributed by atoms with van der Waals surface area (Å²) in [6.07, 6.45) is -0.276. The van der Waals surface area contributed by atoms with Gasteiger partial charge < -0.3 is 26.4 Å². The molecule has 0 atom stereocenters. The summed E-state index contributed by atoms with van der Waals surface area (Å²) in [7, 11) is 0. The van der Waals surface area contributed by atoms with Crippen molar-refractivity contribution in [2.45, 2.75) is 6.10 Å². The molecule has 0 aromatic heterocycles. The van der Waals surface area contributed by atoms with Gasteiger partial charge in [-0.05, 0) is 0 Å². The molecule has 2 rings (SSSR count). The Balaban J connectivity index is 1.70. The van der Waals surface area contributed by atoms with E-state index in [0.29, 0.717) is 0 Å². The van der Waals surface area contributed by atoms with Crippen LogP contribution >= 0.6 is 0 Å². The van der Waals surface area contributed by atoms with Crippen molar-refractivity contribution in [3.05, 3.63) is 0 Å². The molecule has 5 N–H and O–H groups in total. The van der Waals surface area contributed by atoms with Crippen LogP contribution < -0.4 is 21.3 Å². The quantitative estimate of drug-likeness (QED) is 0.388. The standard InChI is InChI=1S/C15H34N6O/c22-15(13-20-9-5-16-1-2-17-6-10-20)14-21-11-7-18-3-4-19-8-12-21/h15-19,22H,1-14H2. The second-order valence-corrected chi connectivity index (χ2v) is 6.26. The zero-order chi connectivity index (χ0) is 15.5. The van der Waals surface area contributed by atoms with E-state index in [4.69, 9.17) is 0 Å². The summed E-state index contributed by atoms with van der Waals surface area (Å²) in [6.45, 7) is 13.7. The smallest absolute Gasteiger partial charge is 0.0793 e. The summed E-state index contributed by atoms with van der Waals surface area (Å²) >= 11 is 0. The van der Waals surface area contributed by atoms with Gasteiger partial charge in [0.2, 0.25) is 0 Å². The lowest BCUT2D eigenvalue weighted by Crippen LogP contribution is -2.45. The van der Waals surface area contributed by atoms with E-state index in [9.17, 15) is 5.11 Å². The fraction of sp³-hybridized carbons (Fsp3) is 1.00. The lowest BCUT2D eigenvalue weighted by Gasteiger charge is -2.29. The molecular weight excluding hydrogens is 280 g/mol. The van der Waals surface area contributed by atoms with Gasteiger partial charge in [0.05, 0.1) is 6.10 Å². The molecule has 0 unspecified atom stereocenters. The molecule has 0 radical (unpaired) electrons. The Morgan fingerprint density at radius 1 is 0.591 bits per heavy atom. The van der Waals surface area contributed by atoms with Gasteiger partial charge in [0.15, 0.2) is 0 Å². The highest BCUT2D eigenvalue weighted by atomic mass is 16.3. The number of aliphatic hydroxyl groups excluding tert-OH is 1. The largest absolute Gasteiger partial charge is 0.390 e. The highest BCUT2D eigenvalue weighted by molar-refractivity contribution is 4.74. The van der Waals surface area contributed by atoms with Crippen LogP contribution in [0.15, 0.2) is 0 Å². The summed E-state index contributed by atoms with van der Waals surface area (Å²) in [4.78, 5) is 4.73. The van der Waals surface area contributed by atoms with Gasteiger partial charge in [0.1, 0.15) is 0 Å². The molecule has 0 bridgehead atoms. The van der Waals surface area contributed by atoms with Gasteiger partial charge in [-0.25, -0.2) is 0 Å². The van der Waals surface area contributed by atoms with E-state index in [1.54, 1.807) is 0 Å². The van der Waals surface area contributed by atoms with E-state index >= 15 is 0 Å². The third kappa shape index (κ3) is 7.82. The van der Waals surface area contributed by atoms with Crippen LogP contribution in [0.2, 0.25) is 0 Å². The van der Waals surface area contributed by atoms with Gasteiger partial charge in [-0.3, -0.25) is 9.80 Å². The topological polar surface area (TPSA) is 74.8 Å². The zero-order valence-electron chi connectivity index (χ0n) is 13.8. The van der Waals surface area contributed by atoms with Crippen molar-refractivity contribution in [1.29, 1.82) is 0 Å². The summed E-state index contributed by atoms with van der Waals surface area (Å²) in [5.74, 6) is 0. The Bertz CT molecular complexity index is 235. The molecule has 130 valence electrons. The molecule has 0 amide bonds. The highest BCUT2D eigenvalue weighted by Gasteiger charge is 2.16. The highest BCUT2D eigenvalue weighted by Crippen LogP contribution is 1.98. The van der Waals surface area contributed by atoms with Crippen LogP contribution in [0.4, 0.5) is 0 Å². The Labute approximate surface area is 134 Å². The molecule has 2 aliphatic rings. The normalized spacial score (nSPS) is 24.8. The number of rotatable bonds is 4. The van der Waals surface area contributed by atoms with Crippen molar-refractivity contribution in [2.24, 2.45) is 0 Å². The minimum Gasteiger partial charge on any atom is -0.390 e. The fourth-order valence-corrected chi connectivity index (χ4v) is 3.04. The lowest BCUT2D eigenvalue weighted by molar-refractivity contribution is 0.0758. The van der Waals surface area contributed by atoms with Crippen LogP contribution in [0.5, 0.6) is 0 Å². The molecule has 2 saturated heterocycles. The second-order valence-electron chi connectivity index (χ2n) is 6.26. The first-order valence-electron chi connectivity index (χ1n) is 8.80. The number of nitrogens with zero attached hydrogens (tertiary/aromatic N) is 2. The van der Waals surface area contributed by atoms with E-state index in [2.05, 4.69) is 31.1 Å². The van der Waals surface area contributed by atoms with Crippen molar-refractivity contribution in [2.75, 3.05) is 91.6 Å². The van der Waals surface area contributed by atoms with Crippen LogP contribution in [0, 0.1) is 0 Å². The van der Waals surface area contributed by atoms with E-state index in [1.807, 2.05) is 0 Å². The summed E-state index contributed by atoms with van der Waals surface area (Å²) < 4.78 is 0. The molecule has 7 heteroatoms. The van der Waals surface area contributed by atoms with Crippen molar-refractivity contribution < 1.29 is 5.11 Å². The molecule has 7 nitrogen and oxygen atoms in total. The van der Waals surface area contributed by atoms with Gasteiger partial charge in [-0.1, -0.05) is 0 Å². The molecule has 0 saturated carbocycles. The van der Waals surface area contributed by atoms with Gasteiger partial charge in [0.25, 0.3) is 0 Å². The molecule has 0 aromatic rings. The zero-order valence-corrected chi connectivity index (χ0v) is 13.8. The van der Waals surface area contributed by atoms with Crippen LogP contribution in [-0.4, -0.2) is 113 Å². The van der Waals surface area contributed by atoms with Gasteiger partial charge in [-0.2, -0.15) is 0 Å². The predicted molar refractivity (Wildman–Crippen MR) is 90.4 cm³/mol. The Kier molecular flexibility index (Phi) is 9.27. The summed E-state index contributed by atoms with van der Waals surface area (Å²) in [5, 5.41) is 24.1. The Hall–Kier alpha value is -0.280. The van der Waals surface area contributed by atoms with E-state index in [1.165, 1.54) is 0 Å². The average molecular weight is 314 g/mol. The third-order valence-electron chi connectivity index (χ3n) is 4.31. The van der Waals surface area contributed by atoms with Crippen LogP contribution in [-0.2, 0) is 0 Å². The number of β-amino-alcohol motifs (C(OH)–C–C–N with tert-alkyl or cyclic N) is 1. The van der Waals surface area contributed by atoms with E-state index in [-0.39, 0.29) is 6.10 Å². The molecule has 0 aliphatic carbocycles. The van der Waals surface area contributed by atoms with E-state index < -0.39 is 0 Å². The van der Waals surface area contributed by atoms with E-state index in [0.717, 1.165) is 91.6 Å². The second kappa shape index (κ2) is 11.3. The first-order chi connectivity index (χ1) is 10.8. The van der Waals surface area contributed by atoms with Crippen molar-refractivity contribution >= 4 is 0 Å². The molecule has 2 fully saturated rings. The lowest BCUT2D eigenvalue weighted by atomic mass is 10.2. The molecular formula is C15H34N6O. The third-order valence-corrected chi connectivity index (χ3v) is 4.31. The molecule has 0 spiro atoms. The number of hydrogen-bond donors (Lipinski definition) is 5. The monoisotopic (exact) mass is 314 g/mol. The maximum atomic E-state index is 10.5. The Morgan fingerprint density at radius 2 is 0.909 bits per heavy atom. The molecule has 2 heterocycles. The minimum atomic E-state index is -0.276. The first-order valence-corrected chi connectivity index (χ1v) is 8.80. The first kappa shape index (κ1) is 18.1. The summed E-state index contributed by atoms with van der Waals surface area (Å²) in [5.41, 5.74) is 0. The van der Waals surface area contributed by atoms with Crippen LogP contribution in [0.25, 0.3) is 0 Å². The molecule has 2 aliphatic heterocycles. The maximum absolute atomic E-state index is 10.5. The number of nitrogens with one attached hydrogen (secondary N) is 4. The summed E-state index contributed by atoms with van der Waals surface area (Å²) in [6, 6.07) is 0. The predicted octanol–water partition coefficient (Wildman–Crippen LogP) is -2.66. The Morgan fingerprint density at radius 3 is 1.23 bits per heavy atom. The fourth-order valence-electron chi connectivity index (χ4n) is 3.04. The average Bonchev–Trinajstić information content (AvgIpc) is 2.71.